The third kappa shape index (κ3) is 2.75. The van der Waals surface area contributed by atoms with Crippen LogP contribution in [-0.2, 0) is 25.8 Å². The van der Waals surface area contributed by atoms with Crippen LogP contribution in [0.4, 0.5) is 0 Å². The van der Waals surface area contributed by atoms with Crippen LogP contribution in [0.5, 0.6) is 0 Å². The molecule has 0 aliphatic rings. The fourth-order valence-electron chi connectivity index (χ4n) is 1.94. The van der Waals surface area contributed by atoms with E-state index in [9.17, 15) is 0 Å². The summed E-state index contributed by atoms with van der Waals surface area (Å²) in [5, 5.41) is 4.63. The van der Waals surface area contributed by atoms with Crippen LogP contribution in [0.1, 0.15) is 35.8 Å². The minimum atomic E-state index is 0.964. The van der Waals surface area contributed by atoms with Crippen LogP contribution in [-0.4, -0.2) is 14.8 Å². The van der Waals surface area contributed by atoms with Gasteiger partial charge < -0.3 is 0 Å². The zero-order valence-corrected chi connectivity index (χ0v) is 11.5. The lowest BCUT2D eigenvalue weighted by molar-refractivity contribution is 0.583. The van der Waals surface area contributed by atoms with E-state index >= 15 is 0 Å². The second kappa shape index (κ2) is 5.45. The van der Waals surface area contributed by atoms with Gasteiger partial charge >= 0.3 is 0 Å². The first-order valence-corrected chi connectivity index (χ1v) is 7.07. The highest BCUT2D eigenvalue weighted by molar-refractivity contribution is 7.09. The molecule has 0 aliphatic heterocycles. The number of hydrogen-bond acceptors (Lipinski definition) is 3. The second-order valence-electron chi connectivity index (χ2n) is 4.17. The number of rotatable bonds is 5. The van der Waals surface area contributed by atoms with Crippen LogP contribution in [0, 0.1) is 6.92 Å². The smallest absolute Gasteiger partial charge is 0.0797 e. The summed E-state index contributed by atoms with van der Waals surface area (Å²) in [6, 6.07) is 2.22. The fourth-order valence-corrected chi connectivity index (χ4v) is 2.71. The molecular weight excluding hydrogens is 230 g/mol. The third-order valence-corrected chi connectivity index (χ3v) is 4.03. The Morgan fingerprint density at radius 3 is 2.71 bits per heavy atom. The van der Waals surface area contributed by atoms with Crippen LogP contribution < -0.4 is 0 Å². The highest BCUT2D eigenvalue weighted by Crippen LogP contribution is 2.14. The van der Waals surface area contributed by atoms with Gasteiger partial charge in [0, 0.05) is 23.5 Å². The summed E-state index contributed by atoms with van der Waals surface area (Å²) in [5.74, 6) is 0. The summed E-state index contributed by atoms with van der Waals surface area (Å²) in [7, 11) is 0. The molecule has 0 N–H and O–H groups in total. The standard InChI is InChI=1S/C13H19N3S/c1-4-11-8-12(5-2)16(15-11)7-6-13-10(3)14-9-17-13/h8-9H,4-7H2,1-3H3. The quantitative estimate of drug-likeness (QED) is 0.815. The third-order valence-electron chi connectivity index (χ3n) is 3.03. The van der Waals surface area contributed by atoms with E-state index in [-0.39, 0.29) is 0 Å². The Labute approximate surface area is 107 Å². The van der Waals surface area contributed by atoms with Gasteiger partial charge in [-0.25, -0.2) is 4.98 Å². The molecule has 0 spiro atoms. The van der Waals surface area contributed by atoms with Crippen molar-refractivity contribution in [3.05, 3.63) is 33.5 Å². The first-order valence-electron chi connectivity index (χ1n) is 6.19. The highest BCUT2D eigenvalue weighted by atomic mass is 32.1. The molecule has 0 aliphatic carbocycles. The van der Waals surface area contributed by atoms with Gasteiger partial charge in [-0.2, -0.15) is 5.10 Å². The van der Waals surface area contributed by atoms with Crippen molar-refractivity contribution < 1.29 is 0 Å². The zero-order chi connectivity index (χ0) is 12.3. The Hall–Kier alpha value is -1.16. The molecule has 0 saturated heterocycles. The number of thiazole rings is 1. The minimum Gasteiger partial charge on any atom is -0.269 e. The first kappa shape index (κ1) is 12.3. The second-order valence-corrected chi connectivity index (χ2v) is 5.11. The van der Waals surface area contributed by atoms with Gasteiger partial charge in [-0.15, -0.1) is 11.3 Å². The number of hydrogen-bond donors (Lipinski definition) is 0. The molecule has 0 bridgehead atoms. The van der Waals surface area contributed by atoms with Crippen LogP contribution >= 0.6 is 11.3 Å². The molecule has 3 nitrogen and oxygen atoms in total. The summed E-state index contributed by atoms with van der Waals surface area (Å²) < 4.78 is 2.15. The lowest BCUT2D eigenvalue weighted by Gasteiger charge is -2.04. The molecule has 2 aromatic heterocycles. The van der Waals surface area contributed by atoms with Crippen LogP contribution in [0.25, 0.3) is 0 Å². The van der Waals surface area contributed by atoms with Crippen LogP contribution in [0.15, 0.2) is 11.6 Å². The van der Waals surface area contributed by atoms with E-state index < -0.39 is 0 Å². The van der Waals surface area contributed by atoms with Gasteiger partial charge in [0.25, 0.3) is 0 Å². The summed E-state index contributed by atoms with van der Waals surface area (Å²) in [4.78, 5) is 5.66. The van der Waals surface area contributed by atoms with E-state index in [0.717, 1.165) is 31.5 Å². The normalized spacial score (nSPS) is 11.0. The predicted octanol–water partition coefficient (Wildman–Crippen LogP) is 3.02. The molecule has 0 atom stereocenters. The average Bonchev–Trinajstić information content (AvgIpc) is 2.92. The molecule has 4 heteroatoms. The summed E-state index contributed by atoms with van der Waals surface area (Å²) in [6.07, 6.45) is 3.10. The highest BCUT2D eigenvalue weighted by Gasteiger charge is 2.07. The molecule has 0 radical (unpaired) electrons. The maximum absolute atomic E-state index is 4.63. The Kier molecular flexibility index (Phi) is 3.94. The van der Waals surface area contributed by atoms with Crippen molar-refractivity contribution in [2.45, 2.75) is 46.6 Å². The van der Waals surface area contributed by atoms with Gasteiger partial charge in [0.1, 0.15) is 0 Å². The molecule has 2 rings (SSSR count). The monoisotopic (exact) mass is 249 g/mol. The molecule has 17 heavy (non-hydrogen) atoms. The van der Waals surface area contributed by atoms with Crippen molar-refractivity contribution in [1.29, 1.82) is 0 Å². The van der Waals surface area contributed by atoms with Gasteiger partial charge in [0.15, 0.2) is 0 Å². The number of aryl methyl sites for hydroxylation is 5. The van der Waals surface area contributed by atoms with Gasteiger partial charge in [-0.05, 0) is 25.8 Å². The molecule has 92 valence electrons. The van der Waals surface area contributed by atoms with Crippen LogP contribution in [0.2, 0.25) is 0 Å². The van der Waals surface area contributed by atoms with Crippen molar-refractivity contribution in [1.82, 2.24) is 14.8 Å². The summed E-state index contributed by atoms with van der Waals surface area (Å²) in [6.45, 7) is 7.38. The fraction of sp³-hybridized carbons (Fsp3) is 0.538. The van der Waals surface area contributed by atoms with Gasteiger partial charge in [0.2, 0.25) is 0 Å². The Bertz CT molecular complexity index is 485. The van der Waals surface area contributed by atoms with E-state index in [1.54, 1.807) is 11.3 Å². The first-order chi connectivity index (χ1) is 8.24. The maximum atomic E-state index is 4.63. The molecular formula is C13H19N3S. The Morgan fingerprint density at radius 2 is 2.12 bits per heavy atom. The van der Waals surface area contributed by atoms with E-state index in [4.69, 9.17) is 0 Å². The van der Waals surface area contributed by atoms with Crippen molar-refractivity contribution in [2.24, 2.45) is 0 Å². The van der Waals surface area contributed by atoms with Gasteiger partial charge in [0.05, 0.1) is 16.9 Å². The predicted molar refractivity (Wildman–Crippen MR) is 71.5 cm³/mol. The molecule has 0 fully saturated rings. The van der Waals surface area contributed by atoms with E-state index in [1.165, 1.54) is 16.3 Å². The molecule has 2 heterocycles. The largest absolute Gasteiger partial charge is 0.269 e. The summed E-state index contributed by atoms with van der Waals surface area (Å²) >= 11 is 1.74. The SMILES string of the molecule is CCc1cc(CC)n(CCc2scnc2C)n1. The van der Waals surface area contributed by atoms with Crippen LogP contribution in [0.3, 0.4) is 0 Å². The van der Waals surface area contributed by atoms with Crippen molar-refractivity contribution in [3.8, 4) is 0 Å². The molecule has 0 amide bonds. The zero-order valence-electron chi connectivity index (χ0n) is 10.7. The molecule has 0 saturated carbocycles. The molecule has 2 aromatic rings. The lowest BCUT2D eigenvalue weighted by Crippen LogP contribution is -2.07. The van der Waals surface area contributed by atoms with E-state index in [0.29, 0.717) is 0 Å². The number of aromatic nitrogens is 3. The lowest BCUT2D eigenvalue weighted by atomic mass is 10.2. The van der Waals surface area contributed by atoms with Crippen molar-refractivity contribution >= 4 is 11.3 Å². The maximum Gasteiger partial charge on any atom is 0.0797 e. The molecule has 0 unspecified atom stereocenters. The van der Waals surface area contributed by atoms with Crippen molar-refractivity contribution in [2.75, 3.05) is 0 Å². The number of nitrogens with zero attached hydrogens (tertiary/aromatic N) is 3. The van der Waals surface area contributed by atoms with Gasteiger partial charge in [-0.3, -0.25) is 4.68 Å². The van der Waals surface area contributed by atoms with E-state index in [2.05, 4.69) is 41.6 Å². The molecule has 0 aromatic carbocycles. The average molecular weight is 249 g/mol. The summed E-state index contributed by atoms with van der Waals surface area (Å²) in [5.41, 5.74) is 5.62. The topological polar surface area (TPSA) is 30.7 Å². The Morgan fingerprint density at radius 1 is 1.29 bits per heavy atom. The minimum absolute atomic E-state index is 0.964. The van der Waals surface area contributed by atoms with Crippen molar-refractivity contribution in [3.63, 3.8) is 0 Å². The Balaban J connectivity index is 2.08. The van der Waals surface area contributed by atoms with Gasteiger partial charge in [-0.1, -0.05) is 13.8 Å². The van der Waals surface area contributed by atoms with E-state index in [1.807, 2.05) is 5.51 Å².